The molecule has 0 bridgehead atoms. The van der Waals surface area contributed by atoms with Crippen LogP contribution in [0.3, 0.4) is 0 Å². The SMILES string of the molecule is COC(=O)[C@H](CCSC)NC(=O)c1ccc(COCc2ccco2)cc1-c1ccccc1C. The van der Waals surface area contributed by atoms with Crippen LogP contribution >= 0.6 is 11.8 Å². The third kappa shape index (κ3) is 6.73. The van der Waals surface area contributed by atoms with E-state index in [1.807, 2.05) is 61.7 Å². The van der Waals surface area contributed by atoms with E-state index in [0.29, 0.717) is 25.2 Å². The third-order valence-corrected chi connectivity index (χ3v) is 5.90. The zero-order valence-electron chi connectivity index (χ0n) is 19.1. The minimum Gasteiger partial charge on any atom is -0.467 e. The van der Waals surface area contributed by atoms with E-state index in [1.54, 1.807) is 24.1 Å². The number of methoxy groups -OCH3 is 1. The van der Waals surface area contributed by atoms with Gasteiger partial charge in [0.2, 0.25) is 0 Å². The van der Waals surface area contributed by atoms with E-state index in [2.05, 4.69) is 5.32 Å². The van der Waals surface area contributed by atoms with Crippen molar-refractivity contribution in [2.75, 3.05) is 19.1 Å². The fourth-order valence-electron chi connectivity index (χ4n) is 3.50. The molecule has 0 aliphatic rings. The average molecular weight is 468 g/mol. The van der Waals surface area contributed by atoms with Crippen LogP contribution in [-0.2, 0) is 27.5 Å². The maximum Gasteiger partial charge on any atom is 0.328 e. The summed E-state index contributed by atoms with van der Waals surface area (Å²) in [6.07, 6.45) is 4.07. The van der Waals surface area contributed by atoms with Crippen molar-refractivity contribution in [3.05, 3.63) is 83.3 Å². The summed E-state index contributed by atoms with van der Waals surface area (Å²) in [6, 6.07) is 16.5. The molecule has 1 aromatic heterocycles. The number of hydrogen-bond donors (Lipinski definition) is 1. The first-order valence-corrected chi connectivity index (χ1v) is 12.1. The highest BCUT2D eigenvalue weighted by atomic mass is 32.2. The van der Waals surface area contributed by atoms with Crippen LogP contribution < -0.4 is 5.32 Å². The summed E-state index contributed by atoms with van der Waals surface area (Å²) < 4.78 is 16.0. The molecule has 1 heterocycles. The highest BCUT2D eigenvalue weighted by molar-refractivity contribution is 7.98. The van der Waals surface area contributed by atoms with Crippen LogP contribution in [-0.4, -0.2) is 37.0 Å². The molecule has 0 saturated carbocycles. The standard InChI is InChI=1S/C26H29NO5S/c1-18-7-4-5-9-21(18)23-15-19(16-31-17-20-8-6-13-32-20)10-11-22(23)25(28)27-24(12-14-33-3)26(29)30-2/h4-11,13,15,24H,12,14,16-17H2,1-3H3,(H,27,28)/t24-/m0/s1. The molecule has 0 aliphatic carbocycles. The van der Waals surface area contributed by atoms with Gasteiger partial charge in [0, 0.05) is 5.56 Å². The number of thioether (sulfide) groups is 1. The third-order valence-electron chi connectivity index (χ3n) is 5.26. The number of benzene rings is 2. The van der Waals surface area contributed by atoms with Crippen molar-refractivity contribution in [2.24, 2.45) is 0 Å². The number of carbonyl (C=O) groups excluding carboxylic acids is 2. The number of amides is 1. The van der Waals surface area contributed by atoms with Crippen molar-refractivity contribution in [3.63, 3.8) is 0 Å². The molecule has 0 fully saturated rings. The van der Waals surface area contributed by atoms with Gasteiger partial charge in [-0.1, -0.05) is 30.3 Å². The van der Waals surface area contributed by atoms with Gasteiger partial charge in [-0.25, -0.2) is 4.79 Å². The summed E-state index contributed by atoms with van der Waals surface area (Å²) in [5.41, 5.74) is 4.22. The Morgan fingerprint density at radius 3 is 2.58 bits per heavy atom. The maximum atomic E-state index is 13.3. The van der Waals surface area contributed by atoms with Crippen molar-refractivity contribution in [1.29, 1.82) is 0 Å². The van der Waals surface area contributed by atoms with E-state index >= 15 is 0 Å². The van der Waals surface area contributed by atoms with Gasteiger partial charge in [-0.2, -0.15) is 11.8 Å². The Hall–Kier alpha value is -3.03. The van der Waals surface area contributed by atoms with Gasteiger partial charge in [0.1, 0.15) is 18.4 Å². The largest absolute Gasteiger partial charge is 0.467 e. The van der Waals surface area contributed by atoms with Crippen molar-refractivity contribution >= 4 is 23.6 Å². The summed E-state index contributed by atoms with van der Waals surface area (Å²) in [7, 11) is 1.33. The molecule has 3 rings (SSSR count). The minimum atomic E-state index is -0.698. The molecule has 2 aromatic carbocycles. The fourth-order valence-corrected chi connectivity index (χ4v) is 3.98. The number of nitrogens with one attached hydrogen (secondary N) is 1. The second kappa shape index (κ2) is 12.3. The Kier molecular flexibility index (Phi) is 9.15. The van der Waals surface area contributed by atoms with E-state index in [1.165, 1.54) is 7.11 Å². The monoisotopic (exact) mass is 467 g/mol. The molecule has 0 spiro atoms. The van der Waals surface area contributed by atoms with Crippen LogP contribution in [0.4, 0.5) is 0 Å². The van der Waals surface area contributed by atoms with Gasteiger partial charge < -0.3 is 19.2 Å². The molecule has 174 valence electrons. The van der Waals surface area contributed by atoms with E-state index < -0.39 is 12.0 Å². The Morgan fingerprint density at radius 2 is 1.88 bits per heavy atom. The Bertz CT molecular complexity index is 1060. The molecule has 6 nitrogen and oxygen atoms in total. The van der Waals surface area contributed by atoms with Crippen LogP contribution in [0.15, 0.2) is 65.3 Å². The molecule has 1 atom stereocenters. The number of esters is 1. The molecule has 0 aliphatic heterocycles. The zero-order chi connectivity index (χ0) is 23.6. The van der Waals surface area contributed by atoms with Crippen LogP contribution in [0.1, 0.15) is 33.7 Å². The highest BCUT2D eigenvalue weighted by Crippen LogP contribution is 2.29. The summed E-state index contributed by atoms with van der Waals surface area (Å²) in [5, 5.41) is 2.86. The molecule has 33 heavy (non-hydrogen) atoms. The summed E-state index contributed by atoms with van der Waals surface area (Å²) in [6.45, 7) is 2.75. The molecule has 0 unspecified atom stereocenters. The molecule has 7 heteroatoms. The first-order valence-electron chi connectivity index (χ1n) is 10.7. The Labute approximate surface area is 198 Å². The second-order valence-corrected chi connectivity index (χ2v) is 8.58. The van der Waals surface area contributed by atoms with Crippen molar-refractivity contribution in [3.8, 4) is 11.1 Å². The molecule has 0 saturated heterocycles. The van der Waals surface area contributed by atoms with Gasteiger partial charge in [0.25, 0.3) is 5.91 Å². The second-order valence-electron chi connectivity index (χ2n) is 7.60. The van der Waals surface area contributed by atoms with E-state index in [0.717, 1.165) is 33.8 Å². The molecule has 3 aromatic rings. The van der Waals surface area contributed by atoms with Gasteiger partial charge in [-0.15, -0.1) is 0 Å². The predicted octanol–water partition coefficient (Wildman–Crippen LogP) is 5.00. The molecule has 0 radical (unpaired) electrons. The van der Waals surface area contributed by atoms with E-state index in [9.17, 15) is 9.59 Å². The Morgan fingerprint density at radius 1 is 1.06 bits per heavy atom. The quantitative estimate of drug-likeness (QED) is 0.400. The molecule has 1 amide bonds. The van der Waals surface area contributed by atoms with Crippen LogP contribution in [0, 0.1) is 6.92 Å². The van der Waals surface area contributed by atoms with Crippen molar-refractivity contribution in [2.45, 2.75) is 32.6 Å². The number of rotatable bonds is 11. The summed E-state index contributed by atoms with van der Waals surface area (Å²) in [4.78, 5) is 25.4. The van der Waals surface area contributed by atoms with Gasteiger partial charge in [0.05, 0.1) is 20.0 Å². The lowest BCUT2D eigenvalue weighted by Crippen LogP contribution is -2.42. The number of aryl methyl sites for hydroxylation is 1. The maximum absolute atomic E-state index is 13.3. The topological polar surface area (TPSA) is 77.8 Å². The van der Waals surface area contributed by atoms with Crippen molar-refractivity contribution in [1.82, 2.24) is 5.32 Å². The van der Waals surface area contributed by atoms with Crippen LogP contribution in [0.2, 0.25) is 0 Å². The van der Waals surface area contributed by atoms with Crippen LogP contribution in [0.5, 0.6) is 0 Å². The highest BCUT2D eigenvalue weighted by Gasteiger charge is 2.23. The summed E-state index contributed by atoms with van der Waals surface area (Å²) in [5.74, 6) is 0.728. The smallest absolute Gasteiger partial charge is 0.328 e. The van der Waals surface area contributed by atoms with E-state index in [4.69, 9.17) is 13.9 Å². The van der Waals surface area contributed by atoms with Gasteiger partial charge in [-0.05, 0) is 71.9 Å². The van der Waals surface area contributed by atoms with Crippen molar-refractivity contribution < 1.29 is 23.5 Å². The first-order chi connectivity index (χ1) is 16.0. The normalized spacial score (nSPS) is 11.7. The molecular weight excluding hydrogens is 438 g/mol. The van der Waals surface area contributed by atoms with Crippen LogP contribution in [0.25, 0.3) is 11.1 Å². The molecule has 1 N–H and O–H groups in total. The first kappa shape index (κ1) is 24.6. The summed E-state index contributed by atoms with van der Waals surface area (Å²) >= 11 is 1.61. The lowest BCUT2D eigenvalue weighted by Gasteiger charge is -2.18. The fraction of sp³-hybridized carbons (Fsp3) is 0.308. The predicted molar refractivity (Wildman–Crippen MR) is 130 cm³/mol. The number of hydrogen-bond acceptors (Lipinski definition) is 6. The number of carbonyl (C=O) groups is 2. The average Bonchev–Trinajstić information content (AvgIpc) is 3.35. The minimum absolute atomic E-state index is 0.312. The zero-order valence-corrected chi connectivity index (χ0v) is 19.9. The lowest BCUT2D eigenvalue weighted by molar-refractivity contribution is -0.142. The lowest BCUT2D eigenvalue weighted by atomic mass is 9.93. The van der Waals surface area contributed by atoms with Gasteiger partial charge in [0.15, 0.2) is 0 Å². The number of ether oxygens (including phenoxy) is 2. The van der Waals surface area contributed by atoms with E-state index in [-0.39, 0.29) is 5.91 Å². The molecular formula is C26H29NO5S. The van der Waals surface area contributed by atoms with Gasteiger partial charge in [-0.3, -0.25) is 4.79 Å². The number of furan rings is 1. The Balaban J connectivity index is 1.86. The van der Waals surface area contributed by atoms with Gasteiger partial charge >= 0.3 is 5.97 Å².